The minimum Gasteiger partial charge on any atom is -0.346 e. The fourth-order valence-corrected chi connectivity index (χ4v) is 9.15. The number of aromatic nitrogens is 6. The van der Waals surface area contributed by atoms with Crippen LogP contribution in [0.4, 0.5) is 36.6 Å². The van der Waals surface area contributed by atoms with Crippen LogP contribution in [0, 0.1) is 17.6 Å². The third-order valence-corrected chi connectivity index (χ3v) is 11.4. The summed E-state index contributed by atoms with van der Waals surface area (Å²) in [6.07, 6.45) is -4.55. The molecule has 11 nitrogen and oxygen atoms in total. The van der Waals surface area contributed by atoms with Gasteiger partial charge in [0.15, 0.2) is 21.1 Å². The van der Waals surface area contributed by atoms with Gasteiger partial charge in [-0.3, -0.25) is 18.9 Å². The number of rotatable bonds is 9. The van der Waals surface area contributed by atoms with Crippen LogP contribution in [0.25, 0.3) is 32.4 Å². The molecule has 1 unspecified atom stereocenters. The Hall–Kier alpha value is -4.63. The van der Waals surface area contributed by atoms with E-state index in [9.17, 15) is 35.2 Å². The lowest BCUT2D eigenvalue weighted by Gasteiger charge is -2.23. The van der Waals surface area contributed by atoms with E-state index in [0.29, 0.717) is 41.4 Å². The fourth-order valence-electron chi connectivity index (χ4n) is 7.29. The van der Waals surface area contributed by atoms with Crippen molar-refractivity contribution in [1.29, 1.82) is 0 Å². The first-order valence-electron chi connectivity index (χ1n) is 16.0. The smallest absolute Gasteiger partial charge is 0.346 e. The number of benzene rings is 2. The summed E-state index contributed by atoms with van der Waals surface area (Å²) < 4.78 is 131. The summed E-state index contributed by atoms with van der Waals surface area (Å²) in [6, 6.07) is 8.01. The Bertz CT molecular complexity index is 2640. The molecule has 2 aliphatic rings. The number of carbonyl (C=O) groups is 1. The number of anilines is 1. The van der Waals surface area contributed by atoms with Gasteiger partial charge >= 0.3 is 6.18 Å². The molecule has 4 heterocycles. The molecule has 2 N–H and O–H groups in total. The first-order valence-corrected chi connectivity index (χ1v) is 19.5. The molecule has 0 bridgehead atoms. The minimum absolute atomic E-state index is 0.0208. The number of halogens is 8. The molecule has 282 valence electrons. The Labute approximate surface area is 312 Å². The highest BCUT2D eigenvalue weighted by molar-refractivity contribution is 9.11. The molecule has 4 aromatic heterocycles. The molecule has 1 saturated carbocycles. The van der Waals surface area contributed by atoms with E-state index in [4.69, 9.17) is 4.98 Å². The zero-order valence-electron chi connectivity index (χ0n) is 27.6. The molecule has 2 aromatic carbocycles. The van der Waals surface area contributed by atoms with Gasteiger partial charge in [0.05, 0.1) is 28.2 Å². The lowest BCUT2D eigenvalue weighted by atomic mass is 9.94. The summed E-state index contributed by atoms with van der Waals surface area (Å²) in [6.45, 7) is -1.04. The molecule has 1 fully saturated rings. The SMILES string of the molecule is Cn1nc(NS(C)(=O)=O)c2cccc(-c3cc4sc(Br)nc4nc3C(Cc3cc(F)cc(F)c3)NC(=O)Cn3nc(C(F)(F)F)c4c3C(F)(F)[C@@H]3C[C@H]43)c21. The third-order valence-electron chi connectivity index (χ3n) is 9.34. The van der Waals surface area contributed by atoms with Crippen molar-refractivity contribution in [3.05, 3.63) is 86.2 Å². The Morgan fingerprint density at radius 1 is 1.09 bits per heavy atom. The number of aryl methyl sites for hydroxylation is 1. The Morgan fingerprint density at radius 2 is 1.81 bits per heavy atom. The van der Waals surface area contributed by atoms with E-state index in [1.165, 1.54) is 16.0 Å². The Balaban J connectivity index is 1.27. The highest BCUT2D eigenvalue weighted by atomic mass is 79.9. The van der Waals surface area contributed by atoms with Crippen LogP contribution in [0.3, 0.4) is 0 Å². The number of para-hydroxylation sites is 1. The molecular formula is C33H24BrF7N8O3S2. The Morgan fingerprint density at radius 3 is 2.50 bits per heavy atom. The number of alkyl halides is 5. The van der Waals surface area contributed by atoms with Gasteiger partial charge < -0.3 is 5.32 Å². The third kappa shape index (κ3) is 6.38. The van der Waals surface area contributed by atoms with Crippen molar-refractivity contribution in [2.75, 3.05) is 11.0 Å². The number of amides is 1. The maximum atomic E-state index is 15.3. The van der Waals surface area contributed by atoms with Gasteiger partial charge in [-0.25, -0.2) is 27.2 Å². The highest BCUT2D eigenvalue weighted by Crippen LogP contribution is 2.68. The van der Waals surface area contributed by atoms with Crippen molar-refractivity contribution >= 4 is 70.3 Å². The molecule has 3 atom stereocenters. The Kier molecular flexibility index (Phi) is 8.38. The number of hydrogen-bond acceptors (Lipinski definition) is 8. The van der Waals surface area contributed by atoms with Crippen molar-refractivity contribution in [1.82, 2.24) is 34.8 Å². The van der Waals surface area contributed by atoms with Gasteiger partial charge in [-0.15, -0.1) is 11.3 Å². The van der Waals surface area contributed by atoms with Crippen LogP contribution in [0.5, 0.6) is 0 Å². The van der Waals surface area contributed by atoms with Gasteiger partial charge in [0.1, 0.15) is 23.9 Å². The van der Waals surface area contributed by atoms with E-state index >= 15 is 8.78 Å². The number of thiazole rings is 1. The molecule has 54 heavy (non-hydrogen) atoms. The zero-order chi connectivity index (χ0) is 38.6. The molecule has 0 radical (unpaired) electrons. The van der Waals surface area contributed by atoms with Crippen LogP contribution >= 0.6 is 27.3 Å². The van der Waals surface area contributed by atoms with E-state index in [0.717, 1.165) is 18.4 Å². The molecular weight excluding hydrogens is 833 g/mol. The largest absolute Gasteiger partial charge is 0.435 e. The van der Waals surface area contributed by atoms with Gasteiger partial charge in [-0.1, -0.05) is 12.1 Å². The van der Waals surface area contributed by atoms with Gasteiger partial charge in [0, 0.05) is 41.1 Å². The summed E-state index contributed by atoms with van der Waals surface area (Å²) >= 11 is 4.55. The van der Waals surface area contributed by atoms with Gasteiger partial charge in [-0.05, 0) is 64.5 Å². The van der Waals surface area contributed by atoms with Crippen LogP contribution in [0.2, 0.25) is 0 Å². The molecule has 0 saturated heterocycles. The topological polar surface area (TPSA) is 137 Å². The van der Waals surface area contributed by atoms with Crippen LogP contribution in [-0.4, -0.2) is 50.1 Å². The fraction of sp³-hybridized carbons (Fsp3) is 0.303. The molecule has 6 aromatic rings. The molecule has 0 spiro atoms. The van der Waals surface area contributed by atoms with E-state index in [2.05, 4.69) is 41.2 Å². The number of nitrogens with one attached hydrogen (secondary N) is 2. The molecule has 21 heteroatoms. The summed E-state index contributed by atoms with van der Waals surface area (Å²) in [5.74, 6) is -8.89. The predicted octanol–water partition coefficient (Wildman–Crippen LogP) is 7.18. The van der Waals surface area contributed by atoms with Crippen molar-refractivity contribution in [3.63, 3.8) is 0 Å². The second-order valence-corrected chi connectivity index (χ2v) is 17.3. The first kappa shape index (κ1) is 36.4. The average Bonchev–Trinajstić information content (AvgIpc) is 3.37. The van der Waals surface area contributed by atoms with Crippen LogP contribution in [-0.2, 0) is 46.9 Å². The maximum absolute atomic E-state index is 15.3. The molecule has 8 rings (SSSR count). The summed E-state index contributed by atoms with van der Waals surface area (Å²) in [4.78, 5) is 23.0. The standard InChI is InChI=1S/C33H24BrF7N8O3S2/c1-48-26-16(4-3-5-17(26)29(46-48)47-54(2,51)52)18-11-22-30(44-31(34)53-22)43-25(18)21(8-13-6-14(35)9-15(36)7-13)42-23(50)12-49-28-24(27(45-49)33(39,40)41)19-10-20(19)32(28,37)38/h3-7,9,11,19-21H,8,10,12H2,1-2H3,(H,42,50)(H,46,47)/t19-,20+,21?/m0/s1. The summed E-state index contributed by atoms with van der Waals surface area (Å²) in [5.41, 5.74) is -1.53. The molecule has 2 aliphatic carbocycles. The number of sulfonamides is 1. The van der Waals surface area contributed by atoms with E-state index in [-0.39, 0.29) is 35.6 Å². The number of hydrogen-bond donors (Lipinski definition) is 2. The van der Waals surface area contributed by atoms with E-state index < -0.39 is 81.0 Å². The average molecular weight is 858 g/mol. The minimum atomic E-state index is -5.05. The van der Waals surface area contributed by atoms with Crippen molar-refractivity contribution < 1.29 is 43.9 Å². The molecule has 1 amide bonds. The van der Waals surface area contributed by atoms with Crippen molar-refractivity contribution in [2.45, 2.75) is 43.4 Å². The molecule has 0 aliphatic heterocycles. The number of fused-ring (bicyclic) bond motifs is 5. The van der Waals surface area contributed by atoms with Crippen LogP contribution in [0.1, 0.15) is 46.6 Å². The van der Waals surface area contributed by atoms with Crippen LogP contribution in [0.15, 0.2) is 46.4 Å². The predicted molar refractivity (Wildman–Crippen MR) is 186 cm³/mol. The van der Waals surface area contributed by atoms with E-state index in [1.807, 2.05) is 0 Å². The number of pyridine rings is 1. The number of nitrogens with zero attached hydrogens (tertiary/aromatic N) is 6. The van der Waals surface area contributed by atoms with Gasteiger partial charge in [0.25, 0.3) is 5.92 Å². The van der Waals surface area contributed by atoms with Gasteiger partial charge in [0.2, 0.25) is 15.9 Å². The van der Waals surface area contributed by atoms with Crippen LogP contribution < -0.4 is 10.0 Å². The highest BCUT2D eigenvalue weighted by Gasteiger charge is 2.68. The quantitative estimate of drug-likeness (QED) is 0.147. The monoisotopic (exact) mass is 856 g/mol. The number of carbonyl (C=O) groups excluding carboxylic acids is 1. The van der Waals surface area contributed by atoms with E-state index in [1.54, 1.807) is 31.3 Å². The lowest BCUT2D eigenvalue weighted by molar-refractivity contribution is -0.142. The summed E-state index contributed by atoms with van der Waals surface area (Å²) in [7, 11) is -2.19. The second kappa shape index (κ2) is 12.4. The van der Waals surface area contributed by atoms with Gasteiger partial charge in [-0.2, -0.15) is 32.1 Å². The zero-order valence-corrected chi connectivity index (χ0v) is 30.9. The van der Waals surface area contributed by atoms with Crippen molar-refractivity contribution in [2.24, 2.45) is 13.0 Å². The first-order chi connectivity index (χ1) is 25.3. The summed E-state index contributed by atoms with van der Waals surface area (Å²) in [5, 5.41) is 10.8. The maximum Gasteiger partial charge on any atom is 0.435 e. The second-order valence-electron chi connectivity index (χ2n) is 13.2. The van der Waals surface area contributed by atoms with Crippen molar-refractivity contribution in [3.8, 4) is 11.1 Å². The normalized spacial score (nSPS) is 18.2. The lowest BCUT2D eigenvalue weighted by Crippen LogP contribution is -2.35.